The maximum Gasteiger partial charge on any atom is 0.279 e. The monoisotopic (exact) mass is 386 g/mol. The van der Waals surface area contributed by atoms with E-state index in [1.54, 1.807) is 24.3 Å². The van der Waals surface area contributed by atoms with Crippen LogP contribution in [-0.2, 0) is 9.84 Å². The Hall–Kier alpha value is -2.12. The molecule has 2 aliphatic heterocycles. The number of nitrogens with zero attached hydrogens (tertiary/aromatic N) is 2. The van der Waals surface area contributed by atoms with Crippen LogP contribution in [0.25, 0.3) is 0 Å². The van der Waals surface area contributed by atoms with Crippen molar-refractivity contribution in [2.24, 2.45) is 4.99 Å². The molecule has 2 aliphatic rings. The van der Waals surface area contributed by atoms with Crippen molar-refractivity contribution >= 4 is 38.4 Å². The van der Waals surface area contributed by atoms with E-state index >= 15 is 0 Å². The number of hydrogen-bond acceptors (Lipinski definition) is 4. The first-order valence-electron chi connectivity index (χ1n) is 8.34. The first-order chi connectivity index (χ1) is 12.4. The second kappa shape index (κ2) is 6.55. The molecule has 5 nitrogen and oxygen atoms in total. The first kappa shape index (κ1) is 17.3. The Labute approximate surface area is 157 Å². The number of aryl methyl sites for hydroxylation is 1. The van der Waals surface area contributed by atoms with Gasteiger partial charge in [0.05, 0.1) is 17.5 Å². The molecule has 0 bridgehead atoms. The van der Waals surface area contributed by atoms with E-state index in [1.807, 2.05) is 42.2 Å². The Morgan fingerprint density at radius 2 is 1.88 bits per heavy atom. The van der Waals surface area contributed by atoms with Crippen molar-refractivity contribution in [1.82, 2.24) is 0 Å². The minimum Gasteiger partial charge on any atom is -0.316 e. The van der Waals surface area contributed by atoms with Crippen LogP contribution in [0.4, 0.5) is 5.69 Å². The van der Waals surface area contributed by atoms with Crippen LogP contribution in [0.5, 0.6) is 0 Å². The highest BCUT2D eigenvalue weighted by atomic mass is 32.2. The van der Waals surface area contributed by atoms with Gasteiger partial charge in [0.25, 0.3) is 5.91 Å². The number of anilines is 1. The van der Waals surface area contributed by atoms with E-state index in [2.05, 4.69) is 4.99 Å². The molecule has 0 radical (unpaired) electrons. The molecule has 0 aliphatic carbocycles. The van der Waals surface area contributed by atoms with E-state index in [-0.39, 0.29) is 28.7 Å². The molecule has 1 amide bonds. The van der Waals surface area contributed by atoms with Gasteiger partial charge in [-0.05, 0) is 36.8 Å². The van der Waals surface area contributed by atoms with Crippen LogP contribution < -0.4 is 4.90 Å². The highest BCUT2D eigenvalue weighted by Crippen LogP contribution is 2.41. The minimum atomic E-state index is -3.06. The summed E-state index contributed by atoms with van der Waals surface area (Å²) in [7, 11) is -3.06. The lowest BCUT2D eigenvalue weighted by molar-refractivity contribution is 0.100. The van der Waals surface area contributed by atoms with E-state index in [1.165, 1.54) is 11.8 Å². The zero-order valence-corrected chi connectivity index (χ0v) is 15.8. The predicted molar refractivity (Wildman–Crippen MR) is 106 cm³/mol. The number of hydrogen-bond donors (Lipinski definition) is 0. The Balaban J connectivity index is 1.74. The molecule has 2 unspecified atom stereocenters. The molecule has 0 aromatic heterocycles. The molecule has 2 saturated heterocycles. The lowest BCUT2D eigenvalue weighted by Gasteiger charge is -2.24. The van der Waals surface area contributed by atoms with Crippen LogP contribution in [0.1, 0.15) is 15.9 Å². The zero-order chi connectivity index (χ0) is 18.3. The predicted octanol–water partition coefficient (Wildman–Crippen LogP) is 2.91. The van der Waals surface area contributed by atoms with Crippen molar-refractivity contribution in [1.29, 1.82) is 0 Å². The van der Waals surface area contributed by atoms with Crippen LogP contribution in [0.3, 0.4) is 0 Å². The number of sulfone groups is 1. The van der Waals surface area contributed by atoms with Gasteiger partial charge in [-0.1, -0.05) is 42.1 Å². The van der Waals surface area contributed by atoms with Crippen LogP contribution in [0.15, 0.2) is 59.6 Å². The number of benzene rings is 2. The summed E-state index contributed by atoms with van der Waals surface area (Å²) in [4.78, 5) is 18.8. The van der Waals surface area contributed by atoms with Gasteiger partial charge in [-0.15, -0.1) is 0 Å². The highest BCUT2D eigenvalue weighted by molar-refractivity contribution is 8.16. The standard InChI is InChI=1S/C19H18N2O3S2/c1-13-6-5-9-15(10-13)21-16-11-26(23,24)12-17(16)25-19(21)20-18(22)14-7-3-2-4-8-14/h2-10,16-17H,11-12H2,1H3. The summed E-state index contributed by atoms with van der Waals surface area (Å²) in [6.45, 7) is 1.99. The largest absolute Gasteiger partial charge is 0.316 e. The quantitative estimate of drug-likeness (QED) is 0.794. The third-order valence-electron chi connectivity index (χ3n) is 4.56. The van der Waals surface area contributed by atoms with Crippen LogP contribution in [0, 0.1) is 6.92 Å². The Morgan fingerprint density at radius 1 is 1.12 bits per heavy atom. The highest BCUT2D eigenvalue weighted by Gasteiger charge is 2.49. The first-order valence-corrected chi connectivity index (χ1v) is 11.0. The third-order valence-corrected chi connectivity index (χ3v) is 7.77. The molecular formula is C19H18N2O3S2. The van der Waals surface area contributed by atoms with Gasteiger partial charge in [-0.3, -0.25) is 4.79 Å². The Morgan fingerprint density at radius 3 is 2.62 bits per heavy atom. The van der Waals surface area contributed by atoms with Gasteiger partial charge in [0.2, 0.25) is 0 Å². The van der Waals surface area contributed by atoms with Crippen molar-refractivity contribution in [3.05, 3.63) is 65.7 Å². The van der Waals surface area contributed by atoms with Crippen LogP contribution in [-0.4, -0.2) is 42.3 Å². The van der Waals surface area contributed by atoms with Gasteiger partial charge in [0, 0.05) is 16.5 Å². The normalized spacial score (nSPS) is 25.4. The fraction of sp³-hybridized carbons (Fsp3) is 0.263. The molecule has 2 fully saturated rings. The Bertz CT molecular complexity index is 987. The molecule has 0 saturated carbocycles. The van der Waals surface area contributed by atoms with E-state index in [0.717, 1.165) is 11.3 Å². The lowest BCUT2D eigenvalue weighted by atomic mass is 10.1. The van der Waals surface area contributed by atoms with E-state index in [0.29, 0.717) is 10.7 Å². The number of aliphatic imine (C=N–C) groups is 1. The molecular weight excluding hydrogens is 368 g/mol. The molecule has 0 spiro atoms. The van der Waals surface area contributed by atoms with E-state index in [9.17, 15) is 13.2 Å². The van der Waals surface area contributed by atoms with Crippen LogP contribution >= 0.6 is 11.8 Å². The maximum atomic E-state index is 12.5. The molecule has 2 heterocycles. The SMILES string of the molecule is Cc1cccc(N2C(=NC(=O)c3ccccc3)SC3CS(=O)(=O)CC32)c1. The Kier molecular flexibility index (Phi) is 4.36. The molecule has 0 N–H and O–H groups in total. The number of fused-ring (bicyclic) bond motifs is 1. The van der Waals surface area contributed by atoms with Crippen LogP contribution in [0.2, 0.25) is 0 Å². The molecule has 7 heteroatoms. The fourth-order valence-electron chi connectivity index (χ4n) is 3.38. The average Bonchev–Trinajstić information content (AvgIpc) is 3.06. The molecule has 4 rings (SSSR count). The van der Waals surface area contributed by atoms with Crippen molar-refractivity contribution in [3.8, 4) is 0 Å². The van der Waals surface area contributed by atoms with Crippen molar-refractivity contribution < 1.29 is 13.2 Å². The van der Waals surface area contributed by atoms with Crippen molar-refractivity contribution in [2.45, 2.75) is 18.2 Å². The summed E-state index contributed by atoms with van der Waals surface area (Å²) >= 11 is 1.39. The van der Waals surface area contributed by atoms with Crippen molar-refractivity contribution in [2.75, 3.05) is 16.4 Å². The fourth-order valence-corrected chi connectivity index (χ4v) is 7.29. The van der Waals surface area contributed by atoms with Gasteiger partial charge < -0.3 is 4.90 Å². The third kappa shape index (κ3) is 3.29. The summed E-state index contributed by atoms with van der Waals surface area (Å²) in [5.74, 6) is -0.0889. The molecule has 2 aromatic carbocycles. The number of rotatable bonds is 2. The van der Waals surface area contributed by atoms with Crippen molar-refractivity contribution in [3.63, 3.8) is 0 Å². The summed E-state index contributed by atoms with van der Waals surface area (Å²) in [5.41, 5.74) is 2.47. The summed E-state index contributed by atoms with van der Waals surface area (Å²) in [6, 6.07) is 16.6. The number of carbonyl (C=O) groups is 1. The smallest absolute Gasteiger partial charge is 0.279 e. The molecule has 134 valence electrons. The van der Waals surface area contributed by atoms with E-state index < -0.39 is 9.84 Å². The topological polar surface area (TPSA) is 66.8 Å². The second-order valence-electron chi connectivity index (χ2n) is 6.58. The number of thioether (sulfide) groups is 1. The van der Waals surface area contributed by atoms with Gasteiger partial charge in [-0.2, -0.15) is 4.99 Å². The molecule has 2 aromatic rings. The summed E-state index contributed by atoms with van der Waals surface area (Å²) in [6.07, 6.45) is 0. The molecule has 2 atom stereocenters. The number of carbonyl (C=O) groups excluding carboxylic acids is 1. The summed E-state index contributed by atoms with van der Waals surface area (Å²) < 4.78 is 24.2. The maximum absolute atomic E-state index is 12.5. The zero-order valence-electron chi connectivity index (χ0n) is 14.2. The lowest BCUT2D eigenvalue weighted by Crippen LogP contribution is -2.37. The number of amidine groups is 1. The summed E-state index contributed by atoms with van der Waals surface area (Å²) in [5, 5.41) is 0.484. The number of amides is 1. The van der Waals surface area contributed by atoms with E-state index in [4.69, 9.17) is 0 Å². The minimum absolute atomic E-state index is 0.0944. The van der Waals surface area contributed by atoms with Gasteiger partial charge in [0.15, 0.2) is 15.0 Å². The van der Waals surface area contributed by atoms with Gasteiger partial charge in [-0.25, -0.2) is 8.42 Å². The average molecular weight is 386 g/mol. The molecule has 26 heavy (non-hydrogen) atoms. The van der Waals surface area contributed by atoms with Gasteiger partial charge >= 0.3 is 0 Å². The van der Waals surface area contributed by atoms with Gasteiger partial charge in [0.1, 0.15) is 0 Å². The second-order valence-corrected chi connectivity index (χ2v) is 9.94.